The summed E-state index contributed by atoms with van der Waals surface area (Å²) in [6, 6.07) is 5.47. The van der Waals surface area contributed by atoms with Gasteiger partial charge in [-0.1, -0.05) is 37.8 Å². The molecule has 0 fully saturated rings. The SMILES string of the molecule is C[CH]CCCCCOc1ccc(OC)cc1Cl. The van der Waals surface area contributed by atoms with Crippen LogP contribution in [0.25, 0.3) is 0 Å². The molecule has 0 saturated carbocycles. The van der Waals surface area contributed by atoms with Gasteiger partial charge in [0.2, 0.25) is 0 Å². The number of hydrogen-bond acceptors (Lipinski definition) is 2. The Morgan fingerprint density at radius 2 is 2.06 bits per heavy atom. The van der Waals surface area contributed by atoms with Gasteiger partial charge in [-0.2, -0.15) is 0 Å². The molecule has 0 aliphatic rings. The molecule has 0 aliphatic heterocycles. The topological polar surface area (TPSA) is 18.5 Å². The van der Waals surface area contributed by atoms with Gasteiger partial charge in [0.25, 0.3) is 0 Å². The van der Waals surface area contributed by atoms with Crippen molar-refractivity contribution in [2.45, 2.75) is 32.6 Å². The van der Waals surface area contributed by atoms with Crippen molar-refractivity contribution < 1.29 is 9.47 Å². The minimum Gasteiger partial charge on any atom is -0.497 e. The molecule has 0 N–H and O–H groups in total. The molecular weight excluding hydrogens is 236 g/mol. The zero-order valence-electron chi connectivity index (χ0n) is 10.5. The fourth-order valence-corrected chi connectivity index (χ4v) is 1.76. The molecule has 0 aliphatic carbocycles. The molecule has 0 unspecified atom stereocenters. The van der Waals surface area contributed by atoms with Crippen molar-refractivity contribution in [3.63, 3.8) is 0 Å². The second-order valence-corrected chi connectivity index (χ2v) is 4.31. The summed E-state index contributed by atoms with van der Waals surface area (Å²) in [7, 11) is 1.62. The van der Waals surface area contributed by atoms with Crippen LogP contribution < -0.4 is 9.47 Å². The Balaban J connectivity index is 2.27. The average Bonchev–Trinajstić information content (AvgIpc) is 2.35. The lowest BCUT2D eigenvalue weighted by molar-refractivity contribution is 0.304. The van der Waals surface area contributed by atoms with Gasteiger partial charge >= 0.3 is 0 Å². The van der Waals surface area contributed by atoms with Crippen molar-refractivity contribution in [2.24, 2.45) is 0 Å². The number of hydrogen-bond donors (Lipinski definition) is 0. The van der Waals surface area contributed by atoms with E-state index in [1.165, 1.54) is 19.3 Å². The fraction of sp³-hybridized carbons (Fsp3) is 0.500. The van der Waals surface area contributed by atoms with E-state index in [0.29, 0.717) is 5.02 Å². The van der Waals surface area contributed by atoms with Gasteiger partial charge in [-0.15, -0.1) is 0 Å². The Kier molecular flexibility index (Phi) is 6.87. The van der Waals surface area contributed by atoms with Crippen molar-refractivity contribution in [3.8, 4) is 11.5 Å². The smallest absolute Gasteiger partial charge is 0.138 e. The Labute approximate surface area is 109 Å². The van der Waals surface area contributed by atoms with Crippen molar-refractivity contribution in [1.82, 2.24) is 0 Å². The zero-order valence-corrected chi connectivity index (χ0v) is 11.3. The molecule has 1 aromatic carbocycles. The Morgan fingerprint density at radius 3 is 2.71 bits per heavy atom. The number of benzene rings is 1. The molecule has 1 aromatic rings. The van der Waals surface area contributed by atoms with E-state index in [1.54, 1.807) is 13.2 Å². The number of halogens is 1. The molecule has 1 radical (unpaired) electrons. The van der Waals surface area contributed by atoms with Crippen molar-refractivity contribution in [2.75, 3.05) is 13.7 Å². The van der Waals surface area contributed by atoms with E-state index in [4.69, 9.17) is 21.1 Å². The third-order valence-corrected chi connectivity index (χ3v) is 2.83. The van der Waals surface area contributed by atoms with E-state index in [0.717, 1.165) is 24.5 Å². The van der Waals surface area contributed by atoms with E-state index in [9.17, 15) is 0 Å². The summed E-state index contributed by atoms with van der Waals surface area (Å²) >= 11 is 6.06. The van der Waals surface area contributed by atoms with E-state index < -0.39 is 0 Å². The van der Waals surface area contributed by atoms with Crippen LogP contribution in [-0.2, 0) is 0 Å². The second kappa shape index (κ2) is 8.24. The molecule has 0 saturated heterocycles. The molecule has 0 heterocycles. The van der Waals surface area contributed by atoms with Crippen molar-refractivity contribution in [3.05, 3.63) is 29.6 Å². The van der Waals surface area contributed by atoms with Crippen molar-refractivity contribution >= 4 is 11.6 Å². The molecule has 2 nitrogen and oxygen atoms in total. The molecule has 1 rings (SSSR count). The molecule has 0 amide bonds. The molecule has 3 heteroatoms. The van der Waals surface area contributed by atoms with Gasteiger partial charge in [-0.3, -0.25) is 0 Å². The van der Waals surface area contributed by atoms with E-state index in [-0.39, 0.29) is 0 Å². The normalized spacial score (nSPS) is 10.3. The van der Waals surface area contributed by atoms with Gasteiger partial charge in [0.15, 0.2) is 0 Å². The monoisotopic (exact) mass is 255 g/mol. The lowest BCUT2D eigenvalue weighted by Gasteiger charge is -2.09. The van der Waals surface area contributed by atoms with Gasteiger partial charge in [0, 0.05) is 6.07 Å². The minimum atomic E-state index is 0.603. The largest absolute Gasteiger partial charge is 0.497 e. The molecule has 0 bridgehead atoms. The summed E-state index contributed by atoms with van der Waals surface area (Å²) in [4.78, 5) is 0. The first-order valence-electron chi connectivity index (χ1n) is 6.02. The fourth-order valence-electron chi connectivity index (χ4n) is 1.54. The lowest BCUT2D eigenvalue weighted by Crippen LogP contribution is -1.98. The number of ether oxygens (including phenoxy) is 2. The van der Waals surface area contributed by atoms with Gasteiger partial charge in [-0.05, 0) is 25.0 Å². The Hall–Kier alpha value is -0.890. The number of unbranched alkanes of at least 4 members (excludes halogenated alkanes) is 4. The Bertz CT molecular complexity index is 326. The summed E-state index contributed by atoms with van der Waals surface area (Å²) < 4.78 is 10.7. The van der Waals surface area contributed by atoms with Crippen LogP contribution in [-0.4, -0.2) is 13.7 Å². The van der Waals surface area contributed by atoms with Crippen LogP contribution in [0, 0.1) is 6.42 Å². The van der Waals surface area contributed by atoms with Crippen LogP contribution in [0.5, 0.6) is 11.5 Å². The molecule has 0 aromatic heterocycles. The third-order valence-electron chi connectivity index (χ3n) is 2.53. The highest BCUT2D eigenvalue weighted by atomic mass is 35.5. The lowest BCUT2D eigenvalue weighted by atomic mass is 10.2. The maximum atomic E-state index is 6.06. The third kappa shape index (κ3) is 5.31. The Morgan fingerprint density at radius 1 is 1.24 bits per heavy atom. The summed E-state index contributed by atoms with van der Waals surface area (Å²) in [6.07, 6.45) is 6.87. The first kappa shape index (κ1) is 14.2. The quantitative estimate of drug-likeness (QED) is 0.636. The first-order valence-corrected chi connectivity index (χ1v) is 6.40. The van der Waals surface area contributed by atoms with E-state index >= 15 is 0 Å². The number of methoxy groups -OCH3 is 1. The summed E-state index contributed by atoms with van der Waals surface area (Å²) in [5.74, 6) is 1.48. The minimum absolute atomic E-state index is 0.603. The first-order chi connectivity index (χ1) is 8.27. The van der Waals surface area contributed by atoms with Crippen LogP contribution in [0.4, 0.5) is 0 Å². The number of rotatable bonds is 8. The van der Waals surface area contributed by atoms with E-state index in [2.05, 4.69) is 13.3 Å². The second-order valence-electron chi connectivity index (χ2n) is 3.90. The predicted octanol–water partition coefficient (Wildman–Crippen LogP) is 4.51. The highest BCUT2D eigenvalue weighted by Crippen LogP contribution is 2.28. The van der Waals surface area contributed by atoms with Crippen LogP contribution in [0.2, 0.25) is 5.02 Å². The van der Waals surface area contributed by atoms with Crippen LogP contribution >= 0.6 is 11.6 Å². The molecule has 17 heavy (non-hydrogen) atoms. The highest BCUT2D eigenvalue weighted by molar-refractivity contribution is 6.32. The zero-order chi connectivity index (χ0) is 12.5. The molecule has 95 valence electrons. The van der Waals surface area contributed by atoms with Gasteiger partial charge in [0.05, 0.1) is 18.7 Å². The van der Waals surface area contributed by atoms with Gasteiger partial charge in [-0.25, -0.2) is 0 Å². The summed E-state index contributed by atoms with van der Waals surface area (Å²) in [5.41, 5.74) is 0. The molecular formula is C14H20ClO2. The van der Waals surface area contributed by atoms with E-state index in [1.807, 2.05) is 12.1 Å². The maximum Gasteiger partial charge on any atom is 0.138 e. The summed E-state index contributed by atoms with van der Waals surface area (Å²) in [5, 5.41) is 0.603. The van der Waals surface area contributed by atoms with Crippen molar-refractivity contribution in [1.29, 1.82) is 0 Å². The van der Waals surface area contributed by atoms with Gasteiger partial charge in [0.1, 0.15) is 11.5 Å². The van der Waals surface area contributed by atoms with Crippen LogP contribution in [0.3, 0.4) is 0 Å². The van der Waals surface area contributed by atoms with Crippen LogP contribution in [0.15, 0.2) is 18.2 Å². The van der Waals surface area contributed by atoms with Gasteiger partial charge < -0.3 is 9.47 Å². The predicted molar refractivity (Wildman–Crippen MR) is 71.9 cm³/mol. The highest BCUT2D eigenvalue weighted by Gasteiger charge is 2.02. The molecule has 0 spiro atoms. The summed E-state index contributed by atoms with van der Waals surface area (Å²) in [6.45, 7) is 2.81. The average molecular weight is 256 g/mol. The van der Waals surface area contributed by atoms with Crippen LogP contribution in [0.1, 0.15) is 32.6 Å². The standard InChI is InChI=1S/C14H20ClO2/c1-3-4-5-6-7-10-17-14-9-8-12(16-2)11-13(14)15/h3,8-9,11H,4-7,10H2,1-2H3. The maximum absolute atomic E-state index is 6.06. The molecule has 0 atom stereocenters.